The van der Waals surface area contributed by atoms with Crippen molar-refractivity contribution in [3.63, 3.8) is 0 Å². The number of benzene rings is 1. The average molecular weight is 298 g/mol. The SMILES string of the molecule is CCC(C)N(CC)C(=O)c1ccc(S(N)(=O)=O)cc1C. The lowest BCUT2D eigenvalue weighted by atomic mass is 10.1. The molecule has 112 valence electrons. The van der Waals surface area contributed by atoms with Crippen LogP contribution in [0.1, 0.15) is 43.1 Å². The summed E-state index contributed by atoms with van der Waals surface area (Å²) in [5.41, 5.74) is 1.13. The van der Waals surface area contributed by atoms with Gasteiger partial charge in [-0.3, -0.25) is 4.79 Å². The summed E-state index contributed by atoms with van der Waals surface area (Å²) in [4.78, 5) is 14.3. The summed E-state index contributed by atoms with van der Waals surface area (Å²) in [6.45, 7) is 8.28. The Morgan fingerprint density at radius 2 is 1.95 bits per heavy atom. The van der Waals surface area contributed by atoms with Crippen LogP contribution in [0.4, 0.5) is 0 Å². The molecule has 5 nitrogen and oxygen atoms in total. The molecule has 1 amide bonds. The molecule has 1 rings (SSSR count). The van der Waals surface area contributed by atoms with Crippen molar-refractivity contribution in [2.45, 2.75) is 45.1 Å². The third-order valence-corrected chi connectivity index (χ3v) is 4.39. The van der Waals surface area contributed by atoms with Crippen molar-refractivity contribution in [3.8, 4) is 0 Å². The monoisotopic (exact) mass is 298 g/mol. The van der Waals surface area contributed by atoms with E-state index in [9.17, 15) is 13.2 Å². The first-order valence-electron chi connectivity index (χ1n) is 6.66. The molecule has 0 aliphatic heterocycles. The Bertz CT molecular complexity index is 596. The van der Waals surface area contributed by atoms with Crippen LogP contribution in [-0.2, 0) is 10.0 Å². The summed E-state index contributed by atoms with van der Waals surface area (Å²) in [5, 5.41) is 5.08. The average Bonchev–Trinajstić information content (AvgIpc) is 2.37. The Morgan fingerprint density at radius 1 is 1.35 bits per heavy atom. The number of hydrogen-bond donors (Lipinski definition) is 1. The minimum atomic E-state index is -3.74. The molecule has 0 saturated heterocycles. The molecular formula is C14H22N2O3S. The van der Waals surface area contributed by atoms with Crippen LogP contribution in [0.3, 0.4) is 0 Å². The Hall–Kier alpha value is -1.40. The largest absolute Gasteiger partial charge is 0.336 e. The summed E-state index contributed by atoms with van der Waals surface area (Å²) < 4.78 is 22.6. The molecule has 2 N–H and O–H groups in total. The number of amides is 1. The zero-order chi connectivity index (χ0) is 15.5. The number of aryl methyl sites for hydroxylation is 1. The van der Waals surface area contributed by atoms with Gasteiger partial charge < -0.3 is 4.90 Å². The van der Waals surface area contributed by atoms with Gasteiger partial charge in [0.2, 0.25) is 10.0 Å². The van der Waals surface area contributed by atoms with E-state index in [1.165, 1.54) is 18.2 Å². The maximum absolute atomic E-state index is 12.5. The zero-order valence-electron chi connectivity index (χ0n) is 12.4. The van der Waals surface area contributed by atoms with Gasteiger partial charge in [0, 0.05) is 18.2 Å². The molecule has 0 aromatic heterocycles. The molecule has 1 aromatic carbocycles. The van der Waals surface area contributed by atoms with E-state index in [2.05, 4.69) is 0 Å². The smallest absolute Gasteiger partial charge is 0.254 e. The number of carbonyl (C=O) groups is 1. The van der Waals surface area contributed by atoms with Crippen LogP contribution in [-0.4, -0.2) is 31.8 Å². The fraction of sp³-hybridized carbons (Fsp3) is 0.500. The Balaban J connectivity index is 3.18. The molecule has 0 saturated carbocycles. The van der Waals surface area contributed by atoms with Gasteiger partial charge in [-0.15, -0.1) is 0 Å². The highest BCUT2D eigenvalue weighted by molar-refractivity contribution is 7.89. The maximum Gasteiger partial charge on any atom is 0.254 e. The Labute approximate surface area is 120 Å². The van der Waals surface area contributed by atoms with Crippen LogP contribution in [0.15, 0.2) is 23.1 Å². The molecule has 0 aliphatic rings. The number of primary sulfonamides is 1. The summed E-state index contributed by atoms with van der Waals surface area (Å²) in [7, 11) is -3.74. The van der Waals surface area contributed by atoms with Crippen LogP contribution >= 0.6 is 0 Å². The van der Waals surface area contributed by atoms with E-state index in [4.69, 9.17) is 5.14 Å². The van der Waals surface area contributed by atoms with Crippen molar-refractivity contribution >= 4 is 15.9 Å². The zero-order valence-corrected chi connectivity index (χ0v) is 13.2. The molecule has 0 heterocycles. The number of nitrogens with zero attached hydrogens (tertiary/aromatic N) is 1. The highest BCUT2D eigenvalue weighted by atomic mass is 32.2. The van der Waals surface area contributed by atoms with Crippen molar-refractivity contribution in [1.82, 2.24) is 4.90 Å². The van der Waals surface area contributed by atoms with Crippen LogP contribution in [0, 0.1) is 6.92 Å². The van der Waals surface area contributed by atoms with E-state index in [-0.39, 0.29) is 16.8 Å². The second kappa shape index (κ2) is 6.37. The number of hydrogen-bond acceptors (Lipinski definition) is 3. The Morgan fingerprint density at radius 3 is 2.35 bits per heavy atom. The van der Waals surface area contributed by atoms with E-state index in [0.717, 1.165) is 6.42 Å². The van der Waals surface area contributed by atoms with Crippen molar-refractivity contribution in [3.05, 3.63) is 29.3 Å². The van der Waals surface area contributed by atoms with Crippen LogP contribution in [0.25, 0.3) is 0 Å². The first kappa shape index (κ1) is 16.7. The van der Waals surface area contributed by atoms with Gasteiger partial charge in [-0.2, -0.15) is 0 Å². The van der Waals surface area contributed by atoms with E-state index < -0.39 is 10.0 Å². The molecule has 6 heteroatoms. The predicted molar refractivity (Wildman–Crippen MR) is 79.0 cm³/mol. The highest BCUT2D eigenvalue weighted by Crippen LogP contribution is 2.18. The summed E-state index contributed by atoms with van der Waals surface area (Å²) in [5.74, 6) is -0.0830. The van der Waals surface area contributed by atoms with Crippen molar-refractivity contribution < 1.29 is 13.2 Å². The third kappa shape index (κ3) is 3.58. The topological polar surface area (TPSA) is 80.5 Å². The van der Waals surface area contributed by atoms with Crippen molar-refractivity contribution in [2.75, 3.05) is 6.54 Å². The molecule has 1 atom stereocenters. The third-order valence-electron chi connectivity index (χ3n) is 3.48. The second-order valence-corrected chi connectivity index (χ2v) is 6.43. The van der Waals surface area contributed by atoms with Crippen molar-refractivity contribution in [2.24, 2.45) is 5.14 Å². The first-order chi connectivity index (χ1) is 9.22. The second-order valence-electron chi connectivity index (χ2n) is 4.87. The van der Waals surface area contributed by atoms with E-state index in [1.54, 1.807) is 11.8 Å². The van der Waals surface area contributed by atoms with Gasteiger partial charge in [0.05, 0.1) is 4.90 Å². The quantitative estimate of drug-likeness (QED) is 0.901. The standard InChI is InChI=1S/C14H22N2O3S/c1-5-11(4)16(6-2)14(17)13-8-7-12(9-10(13)3)20(15,18)19/h7-9,11H,5-6H2,1-4H3,(H2,15,18,19). The molecule has 1 aromatic rings. The minimum absolute atomic E-state index is 0.0261. The summed E-state index contributed by atoms with van der Waals surface area (Å²) in [6.07, 6.45) is 0.869. The lowest BCUT2D eigenvalue weighted by molar-refractivity contribution is 0.0699. The molecule has 0 bridgehead atoms. The lowest BCUT2D eigenvalue weighted by Crippen LogP contribution is -2.38. The van der Waals surface area contributed by atoms with Gasteiger partial charge >= 0.3 is 0 Å². The van der Waals surface area contributed by atoms with E-state index >= 15 is 0 Å². The lowest BCUT2D eigenvalue weighted by Gasteiger charge is -2.28. The van der Waals surface area contributed by atoms with Gasteiger partial charge in [-0.05, 0) is 51.0 Å². The summed E-state index contributed by atoms with van der Waals surface area (Å²) in [6, 6.07) is 4.49. The predicted octanol–water partition coefficient (Wildman–Crippen LogP) is 1.90. The van der Waals surface area contributed by atoms with E-state index in [1.807, 2.05) is 20.8 Å². The minimum Gasteiger partial charge on any atom is -0.336 e. The number of sulfonamides is 1. The maximum atomic E-state index is 12.5. The number of carbonyl (C=O) groups excluding carboxylic acids is 1. The Kier molecular flexibility index (Phi) is 5.30. The van der Waals surface area contributed by atoms with Gasteiger partial charge in [0.25, 0.3) is 5.91 Å². The fourth-order valence-corrected chi connectivity index (χ4v) is 2.68. The molecule has 20 heavy (non-hydrogen) atoms. The number of rotatable bonds is 5. The molecular weight excluding hydrogens is 276 g/mol. The fourth-order valence-electron chi connectivity index (χ4n) is 2.08. The molecule has 0 radical (unpaired) electrons. The molecule has 0 fully saturated rings. The van der Waals surface area contributed by atoms with Crippen molar-refractivity contribution in [1.29, 1.82) is 0 Å². The molecule has 0 aliphatic carbocycles. The normalized spacial score (nSPS) is 13.1. The summed E-state index contributed by atoms with van der Waals surface area (Å²) >= 11 is 0. The van der Waals surface area contributed by atoms with Crippen LogP contribution < -0.4 is 5.14 Å². The highest BCUT2D eigenvalue weighted by Gasteiger charge is 2.21. The van der Waals surface area contributed by atoms with Crippen LogP contribution in [0.2, 0.25) is 0 Å². The van der Waals surface area contributed by atoms with Gasteiger partial charge in [0.15, 0.2) is 0 Å². The van der Waals surface area contributed by atoms with E-state index in [0.29, 0.717) is 17.7 Å². The van der Waals surface area contributed by atoms with Crippen LogP contribution in [0.5, 0.6) is 0 Å². The molecule has 0 spiro atoms. The van der Waals surface area contributed by atoms with Gasteiger partial charge in [-0.1, -0.05) is 6.92 Å². The van der Waals surface area contributed by atoms with Gasteiger partial charge in [0.1, 0.15) is 0 Å². The number of nitrogens with two attached hydrogens (primary N) is 1. The first-order valence-corrected chi connectivity index (χ1v) is 8.21. The van der Waals surface area contributed by atoms with Gasteiger partial charge in [-0.25, -0.2) is 13.6 Å². The molecule has 1 unspecified atom stereocenters.